The van der Waals surface area contributed by atoms with E-state index < -0.39 is 32.9 Å². The number of halogens is 5. The number of carbonyl (C=O) groups is 1. The zero-order valence-electron chi connectivity index (χ0n) is 16.5. The third-order valence-electron chi connectivity index (χ3n) is 5.07. The molecule has 0 aliphatic carbocycles. The van der Waals surface area contributed by atoms with Gasteiger partial charge in [0, 0.05) is 24.9 Å². The van der Waals surface area contributed by atoms with Crippen molar-refractivity contribution >= 4 is 39.0 Å². The minimum atomic E-state index is -4.77. The summed E-state index contributed by atoms with van der Waals surface area (Å²) >= 11 is 12.2. The van der Waals surface area contributed by atoms with E-state index in [-0.39, 0.29) is 34.4 Å². The lowest BCUT2D eigenvalue weighted by Crippen LogP contribution is -2.43. The van der Waals surface area contributed by atoms with Gasteiger partial charge in [-0.3, -0.25) is 4.79 Å². The molecule has 0 amide bonds. The van der Waals surface area contributed by atoms with Crippen LogP contribution in [0.3, 0.4) is 0 Å². The van der Waals surface area contributed by atoms with Crippen molar-refractivity contribution in [1.29, 1.82) is 0 Å². The number of pyridine rings is 1. The summed E-state index contributed by atoms with van der Waals surface area (Å²) in [7, 11) is -4.63. The fourth-order valence-corrected chi connectivity index (χ4v) is 5.96. The van der Waals surface area contributed by atoms with Crippen LogP contribution in [0.2, 0.25) is 10.2 Å². The highest BCUT2D eigenvalue weighted by atomic mass is 35.5. The molecule has 0 aromatic carbocycles. The largest absolute Gasteiger partial charge is 0.404 e. The van der Waals surface area contributed by atoms with Gasteiger partial charge in [0.2, 0.25) is 10.0 Å². The molecule has 1 atom stereocenters. The van der Waals surface area contributed by atoms with Gasteiger partial charge in [0.1, 0.15) is 21.8 Å². The van der Waals surface area contributed by atoms with Crippen LogP contribution in [0.1, 0.15) is 47.9 Å². The molecule has 31 heavy (non-hydrogen) atoms. The second-order valence-corrected chi connectivity index (χ2v) is 9.79. The highest BCUT2D eigenvalue weighted by Gasteiger charge is 2.41. The van der Waals surface area contributed by atoms with E-state index in [0.29, 0.717) is 31.9 Å². The molecule has 0 saturated carbocycles. The van der Waals surface area contributed by atoms with Gasteiger partial charge in [-0.1, -0.05) is 29.6 Å². The fourth-order valence-electron chi connectivity index (χ4n) is 3.57. The molecule has 3 rings (SSSR count). The number of hydrogen-bond acceptors (Lipinski definition) is 4. The molecule has 6 nitrogen and oxygen atoms in total. The number of carbonyl (C=O) groups excluding carboxylic acids is 1. The Kier molecular flexibility index (Phi) is 7.05. The van der Waals surface area contributed by atoms with E-state index in [0.717, 1.165) is 6.42 Å². The molecule has 1 aliphatic rings. The molecule has 2 aromatic rings. The standard InChI is InChI=1S/C19H20Cl2F3N3O3S/c1-11(19(22,23)24)26-31(29,30)18-13-5-3-2-4-8-27(13)17(16(18)21)14(28)9-12-6-7-25-15(20)10-12/h6-7,10-11,26H,2-5,8-9H2,1H3/t11-/m1/s1. The van der Waals surface area contributed by atoms with E-state index >= 15 is 0 Å². The maximum Gasteiger partial charge on any atom is 0.404 e. The molecule has 0 bridgehead atoms. The van der Waals surface area contributed by atoms with Crippen LogP contribution >= 0.6 is 23.2 Å². The van der Waals surface area contributed by atoms with Gasteiger partial charge in [0.15, 0.2) is 5.78 Å². The van der Waals surface area contributed by atoms with Gasteiger partial charge in [-0.2, -0.15) is 17.9 Å². The molecule has 1 N–H and O–H groups in total. The predicted molar refractivity (Wildman–Crippen MR) is 110 cm³/mol. The molecular formula is C19H20Cl2F3N3O3S. The van der Waals surface area contributed by atoms with E-state index in [1.54, 1.807) is 10.8 Å². The van der Waals surface area contributed by atoms with Crippen molar-refractivity contribution in [1.82, 2.24) is 14.3 Å². The van der Waals surface area contributed by atoms with Gasteiger partial charge >= 0.3 is 6.18 Å². The number of alkyl halides is 3. The number of sulfonamides is 1. The van der Waals surface area contributed by atoms with Crippen molar-refractivity contribution in [3.05, 3.63) is 45.5 Å². The van der Waals surface area contributed by atoms with Crippen molar-refractivity contribution in [2.75, 3.05) is 0 Å². The first-order chi connectivity index (χ1) is 14.4. The molecule has 12 heteroatoms. The minimum absolute atomic E-state index is 0.0217. The molecule has 0 spiro atoms. The molecule has 0 radical (unpaired) electrons. The number of nitrogens with one attached hydrogen (secondary N) is 1. The van der Waals surface area contributed by atoms with Crippen LogP contribution in [0.25, 0.3) is 0 Å². The monoisotopic (exact) mass is 497 g/mol. The summed E-state index contributed by atoms with van der Waals surface area (Å²) in [5.74, 6) is -0.458. The molecule has 3 heterocycles. The molecule has 0 unspecified atom stereocenters. The van der Waals surface area contributed by atoms with Crippen LogP contribution in [0.4, 0.5) is 13.2 Å². The highest BCUT2D eigenvalue weighted by molar-refractivity contribution is 7.89. The number of rotatable bonds is 6. The number of ketones is 1. The lowest BCUT2D eigenvalue weighted by atomic mass is 10.1. The summed E-state index contributed by atoms with van der Waals surface area (Å²) in [6.07, 6.45) is -1.06. The van der Waals surface area contributed by atoms with Crippen molar-refractivity contribution in [2.24, 2.45) is 0 Å². The van der Waals surface area contributed by atoms with E-state index in [4.69, 9.17) is 23.2 Å². The van der Waals surface area contributed by atoms with Gasteiger partial charge in [-0.15, -0.1) is 0 Å². The van der Waals surface area contributed by atoms with Gasteiger partial charge < -0.3 is 4.57 Å². The van der Waals surface area contributed by atoms with E-state index in [1.807, 2.05) is 0 Å². The fraction of sp³-hybridized carbons (Fsp3) is 0.474. The predicted octanol–water partition coefficient (Wildman–Crippen LogP) is 4.57. The Bertz CT molecular complexity index is 1100. The number of nitrogens with zero attached hydrogens (tertiary/aromatic N) is 2. The van der Waals surface area contributed by atoms with E-state index in [2.05, 4.69) is 4.98 Å². The first kappa shape index (κ1) is 24.0. The van der Waals surface area contributed by atoms with Crippen LogP contribution in [0.15, 0.2) is 23.2 Å². The van der Waals surface area contributed by atoms with Gasteiger partial charge in [0.25, 0.3) is 0 Å². The summed E-state index contributed by atoms with van der Waals surface area (Å²) in [6, 6.07) is 0.783. The van der Waals surface area contributed by atoms with Crippen LogP contribution < -0.4 is 4.72 Å². The van der Waals surface area contributed by atoms with Crippen LogP contribution in [0, 0.1) is 0 Å². The molecular weight excluding hydrogens is 478 g/mol. The van der Waals surface area contributed by atoms with E-state index in [1.165, 1.54) is 16.8 Å². The molecule has 2 aromatic heterocycles. The first-order valence-electron chi connectivity index (χ1n) is 9.55. The average molecular weight is 498 g/mol. The summed E-state index contributed by atoms with van der Waals surface area (Å²) in [5.41, 5.74) is 0.783. The number of aromatic nitrogens is 2. The number of fused-ring (bicyclic) bond motifs is 1. The summed E-state index contributed by atoms with van der Waals surface area (Å²) in [4.78, 5) is 16.5. The topological polar surface area (TPSA) is 81.1 Å². The van der Waals surface area contributed by atoms with Crippen molar-refractivity contribution in [3.63, 3.8) is 0 Å². The Morgan fingerprint density at radius 3 is 2.65 bits per heavy atom. The summed E-state index contributed by atoms with van der Waals surface area (Å²) in [5, 5.41) is -0.164. The zero-order valence-corrected chi connectivity index (χ0v) is 18.8. The maximum atomic E-state index is 13.1. The SMILES string of the molecule is C[C@@H](NS(=O)(=O)c1c(Cl)c(C(=O)Cc2ccnc(Cl)c2)n2c1CCCCC2)C(F)(F)F. The van der Waals surface area contributed by atoms with Crippen molar-refractivity contribution in [3.8, 4) is 0 Å². The molecule has 0 saturated heterocycles. The Balaban J connectivity index is 2.07. The molecule has 1 aliphatic heterocycles. The molecule has 0 fully saturated rings. The third kappa shape index (κ3) is 5.24. The first-order valence-corrected chi connectivity index (χ1v) is 11.8. The quantitative estimate of drug-likeness (QED) is 0.468. The Hall–Kier alpha value is -1.62. The van der Waals surface area contributed by atoms with Gasteiger partial charge in [0.05, 0.1) is 5.02 Å². The lowest BCUT2D eigenvalue weighted by Gasteiger charge is -2.18. The Morgan fingerprint density at radius 2 is 2.00 bits per heavy atom. The number of Topliss-reactive ketones (excluding diaryl/α,β-unsaturated/α-hetero) is 1. The van der Waals surface area contributed by atoms with E-state index in [9.17, 15) is 26.4 Å². The summed E-state index contributed by atoms with van der Waals surface area (Å²) in [6.45, 7) is 1.05. The Labute approximate surface area is 187 Å². The maximum absolute atomic E-state index is 13.1. The smallest absolute Gasteiger partial charge is 0.340 e. The highest BCUT2D eigenvalue weighted by Crippen LogP contribution is 2.36. The lowest BCUT2D eigenvalue weighted by molar-refractivity contribution is -0.147. The average Bonchev–Trinajstić information content (AvgIpc) is 2.76. The van der Waals surface area contributed by atoms with Crippen molar-refractivity contribution < 1.29 is 26.4 Å². The van der Waals surface area contributed by atoms with Gasteiger partial charge in [-0.25, -0.2) is 13.4 Å². The minimum Gasteiger partial charge on any atom is -0.340 e. The molecule has 170 valence electrons. The van der Waals surface area contributed by atoms with Crippen molar-refractivity contribution in [2.45, 2.75) is 62.7 Å². The third-order valence-corrected chi connectivity index (χ3v) is 7.40. The second-order valence-electron chi connectivity index (χ2n) is 7.37. The normalized spacial score (nSPS) is 15.9. The Morgan fingerprint density at radius 1 is 1.29 bits per heavy atom. The zero-order chi connectivity index (χ0) is 23.0. The van der Waals surface area contributed by atoms with Crippen LogP contribution in [0.5, 0.6) is 0 Å². The van der Waals surface area contributed by atoms with Crippen LogP contribution in [-0.2, 0) is 29.4 Å². The second kappa shape index (κ2) is 9.09. The van der Waals surface area contributed by atoms with Gasteiger partial charge in [-0.05, 0) is 43.9 Å². The van der Waals surface area contributed by atoms with Crippen LogP contribution in [-0.4, -0.2) is 36.0 Å². The summed E-state index contributed by atoms with van der Waals surface area (Å²) < 4.78 is 67.9. The number of hydrogen-bond donors (Lipinski definition) is 1.